The van der Waals surface area contributed by atoms with Crippen LogP contribution in [0.2, 0.25) is 0 Å². The predicted octanol–water partition coefficient (Wildman–Crippen LogP) is 2.68. The first-order valence-electron chi connectivity index (χ1n) is 3.85. The summed E-state index contributed by atoms with van der Waals surface area (Å²) in [5.41, 5.74) is 1.67. The van der Waals surface area contributed by atoms with Crippen molar-refractivity contribution in [1.29, 1.82) is 0 Å². The molecule has 0 saturated carbocycles. The molecule has 0 radical (unpaired) electrons. The number of para-hydroxylation sites is 1. The highest BCUT2D eigenvalue weighted by molar-refractivity contribution is 6.29. The molecule has 0 unspecified atom stereocenters. The van der Waals surface area contributed by atoms with Gasteiger partial charge in [-0.2, -0.15) is 0 Å². The first-order valence-corrected chi connectivity index (χ1v) is 4.23. The Bertz CT molecular complexity index is 384. The van der Waals surface area contributed by atoms with Crippen LogP contribution in [0.1, 0.15) is 5.56 Å². The molecular formula is C10H8ClNO. The van der Waals surface area contributed by atoms with Gasteiger partial charge in [-0.3, -0.25) is 0 Å². The summed E-state index contributed by atoms with van der Waals surface area (Å²) in [4.78, 5) is 0. The number of hydrogen-bond donors (Lipinski definition) is 1. The number of ether oxygens (including phenoxy) is 1. The zero-order chi connectivity index (χ0) is 9.26. The molecule has 0 saturated heterocycles. The Hall–Kier alpha value is -1.41. The molecule has 0 aromatic heterocycles. The second-order valence-corrected chi connectivity index (χ2v) is 3.09. The van der Waals surface area contributed by atoms with Crippen LogP contribution in [0, 0.1) is 0 Å². The van der Waals surface area contributed by atoms with E-state index in [2.05, 4.69) is 11.9 Å². The van der Waals surface area contributed by atoms with Crippen molar-refractivity contribution in [3.63, 3.8) is 0 Å². The van der Waals surface area contributed by atoms with Crippen LogP contribution in [-0.2, 0) is 0 Å². The quantitative estimate of drug-likeness (QED) is 0.640. The predicted molar refractivity (Wildman–Crippen MR) is 53.2 cm³/mol. The van der Waals surface area contributed by atoms with Gasteiger partial charge in [-0.15, -0.1) is 0 Å². The lowest BCUT2D eigenvalue weighted by molar-refractivity contribution is 0.479. The molecule has 1 aliphatic rings. The average molecular weight is 194 g/mol. The molecule has 1 N–H and O–H groups in total. The van der Waals surface area contributed by atoms with Gasteiger partial charge in [0.15, 0.2) is 0 Å². The molecule has 0 bridgehead atoms. The molecule has 0 spiro atoms. The highest BCUT2D eigenvalue weighted by Gasteiger charge is 2.10. The molecule has 0 atom stereocenters. The van der Waals surface area contributed by atoms with E-state index in [4.69, 9.17) is 16.3 Å². The van der Waals surface area contributed by atoms with Gasteiger partial charge in [-0.25, -0.2) is 0 Å². The van der Waals surface area contributed by atoms with Crippen molar-refractivity contribution in [2.45, 2.75) is 0 Å². The second kappa shape index (κ2) is 3.15. The largest absolute Gasteiger partial charge is 0.461 e. The highest BCUT2D eigenvalue weighted by Crippen LogP contribution is 2.27. The maximum absolute atomic E-state index is 5.77. The van der Waals surface area contributed by atoms with Crippen LogP contribution in [0.3, 0.4) is 0 Å². The van der Waals surface area contributed by atoms with E-state index in [1.165, 1.54) is 6.26 Å². The van der Waals surface area contributed by atoms with E-state index in [1.54, 1.807) is 0 Å². The van der Waals surface area contributed by atoms with Gasteiger partial charge in [-0.05, 0) is 12.1 Å². The second-order valence-electron chi connectivity index (χ2n) is 2.68. The summed E-state index contributed by atoms with van der Waals surface area (Å²) in [6.07, 6.45) is 1.46. The fourth-order valence-electron chi connectivity index (χ4n) is 1.17. The molecule has 3 heteroatoms. The van der Waals surface area contributed by atoms with Crippen LogP contribution in [-0.4, -0.2) is 0 Å². The molecule has 13 heavy (non-hydrogen) atoms. The molecule has 66 valence electrons. The Morgan fingerprint density at radius 1 is 1.31 bits per heavy atom. The Morgan fingerprint density at radius 3 is 2.92 bits per heavy atom. The van der Waals surface area contributed by atoms with Crippen molar-refractivity contribution >= 4 is 17.3 Å². The fraction of sp³-hybridized carbons (Fsp3) is 0. The number of rotatable bonds is 0. The lowest BCUT2D eigenvalue weighted by Gasteiger charge is -2.06. The lowest BCUT2D eigenvalue weighted by atomic mass is 10.1. The monoisotopic (exact) mass is 193 g/mol. The standard InChI is InChI=1S/C10H8ClNO/c1-7-8-4-2-3-5-9(8)13-6-10(11)12-7/h2-6,12H,1H2. The van der Waals surface area contributed by atoms with E-state index in [-0.39, 0.29) is 0 Å². The van der Waals surface area contributed by atoms with E-state index in [9.17, 15) is 0 Å². The van der Waals surface area contributed by atoms with Crippen LogP contribution < -0.4 is 10.1 Å². The first kappa shape index (κ1) is 8.20. The summed E-state index contributed by atoms with van der Waals surface area (Å²) in [7, 11) is 0. The third kappa shape index (κ3) is 1.53. The van der Waals surface area contributed by atoms with Crippen LogP contribution in [0.15, 0.2) is 42.3 Å². The minimum atomic E-state index is 0.432. The van der Waals surface area contributed by atoms with E-state index in [1.807, 2.05) is 24.3 Å². The van der Waals surface area contributed by atoms with Gasteiger partial charge in [0.1, 0.15) is 17.2 Å². The van der Waals surface area contributed by atoms with Gasteiger partial charge in [-0.1, -0.05) is 30.3 Å². The summed E-state index contributed by atoms with van der Waals surface area (Å²) >= 11 is 5.77. The lowest BCUT2D eigenvalue weighted by Crippen LogP contribution is -2.04. The summed E-state index contributed by atoms with van der Waals surface area (Å²) in [6.45, 7) is 3.85. The topological polar surface area (TPSA) is 21.3 Å². The zero-order valence-corrected chi connectivity index (χ0v) is 7.64. The average Bonchev–Trinajstić information content (AvgIpc) is 2.27. The van der Waals surface area contributed by atoms with Gasteiger partial charge >= 0.3 is 0 Å². The first-order chi connectivity index (χ1) is 6.27. The molecule has 1 heterocycles. The van der Waals surface area contributed by atoms with Gasteiger partial charge in [0, 0.05) is 11.3 Å². The Balaban J connectivity index is 2.49. The third-order valence-corrected chi connectivity index (χ3v) is 1.96. The van der Waals surface area contributed by atoms with Crippen molar-refractivity contribution < 1.29 is 4.74 Å². The zero-order valence-electron chi connectivity index (χ0n) is 6.88. The normalized spacial score (nSPS) is 14.8. The maximum Gasteiger partial charge on any atom is 0.142 e. The Morgan fingerprint density at radius 2 is 2.08 bits per heavy atom. The molecule has 1 aromatic carbocycles. The van der Waals surface area contributed by atoms with Gasteiger partial charge < -0.3 is 10.1 Å². The van der Waals surface area contributed by atoms with Crippen molar-refractivity contribution in [2.75, 3.05) is 0 Å². The minimum Gasteiger partial charge on any atom is -0.461 e. The Kier molecular flexibility index (Phi) is 1.99. The molecule has 2 nitrogen and oxygen atoms in total. The van der Waals surface area contributed by atoms with Crippen LogP contribution >= 0.6 is 11.6 Å². The van der Waals surface area contributed by atoms with Gasteiger partial charge in [0.2, 0.25) is 0 Å². The highest BCUT2D eigenvalue weighted by atomic mass is 35.5. The molecule has 1 aromatic rings. The summed E-state index contributed by atoms with van der Waals surface area (Å²) in [5, 5.41) is 3.34. The molecule has 0 aliphatic carbocycles. The number of hydrogen-bond acceptors (Lipinski definition) is 2. The minimum absolute atomic E-state index is 0.432. The molecule has 0 fully saturated rings. The van der Waals surface area contributed by atoms with E-state index in [0.717, 1.165) is 17.0 Å². The Labute approximate surface area is 81.5 Å². The van der Waals surface area contributed by atoms with E-state index >= 15 is 0 Å². The van der Waals surface area contributed by atoms with Gasteiger partial charge in [0.25, 0.3) is 0 Å². The molecule has 1 aliphatic heterocycles. The number of nitrogens with one attached hydrogen (secondary N) is 1. The van der Waals surface area contributed by atoms with Crippen molar-refractivity contribution in [1.82, 2.24) is 5.32 Å². The maximum atomic E-state index is 5.77. The number of halogens is 1. The van der Waals surface area contributed by atoms with E-state index < -0.39 is 0 Å². The number of fused-ring (bicyclic) bond motifs is 1. The van der Waals surface area contributed by atoms with Gasteiger partial charge in [0.05, 0.1) is 0 Å². The number of benzene rings is 1. The van der Waals surface area contributed by atoms with E-state index in [0.29, 0.717) is 5.16 Å². The molecule has 2 rings (SSSR count). The van der Waals surface area contributed by atoms with Crippen molar-refractivity contribution in [2.24, 2.45) is 0 Å². The summed E-state index contributed by atoms with van der Waals surface area (Å²) < 4.78 is 5.31. The van der Waals surface area contributed by atoms with Crippen LogP contribution in [0.25, 0.3) is 5.70 Å². The van der Waals surface area contributed by atoms with Crippen molar-refractivity contribution in [3.8, 4) is 5.75 Å². The molecule has 0 amide bonds. The SMILES string of the molecule is C=C1NC(Cl)=COc2ccccc21. The smallest absolute Gasteiger partial charge is 0.142 e. The van der Waals surface area contributed by atoms with Crippen LogP contribution in [0.4, 0.5) is 0 Å². The third-order valence-electron chi connectivity index (χ3n) is 1.77. The van der Waals surface area contributed by atoms with Crippen LogP contribution in [0.5, 0.6) is 5.75 Å². The fourth-order valence-corrected chi connectivity index (χ4v) is 1.33. The summed E-state index contributed by atoms with van der Waals surface area (Å²) in [6, 6.07) is 7.62. The summed E-state index contributed by atoms with van der Waals surface area (Å²) in [5.74, 6) is 0.760. The molecular weight excluding hydrogens is 186 g/mol. The van der Waals surface area contributed by atoms with Crippen molar-refractivity contribution in [3.05, 3.63) is 47.8 Å².